The molecule has 3 atom stereocenters. The van der Waals surface area contributed by atoms with Crippen molar-refractivity contribution in [3.8, 4) is 5.75 Å². The SMILES string of the molecule is C=CC[N+]1(CC=C)CC[C@@]23CCCC[C@H]2[C@@H]1Cc1ccc([O-])cc13. The third-order valence-corrected chi connectivity index (χ3v) is 7.30. The summed E-state index contributed by atoms with van der Waals surface area (Å²) >= 11 is 0. The molecule has 0 spiro atoms. The summed E-state index contributed by atoms with van der Waals surface area (Å²) in [4.78, 5) is 0. The summed E-state index contributed by atoms with van der Waals surface area (Å²) in [6, 6.07) is 6.52. The van der Waals surface area contributed by atoms with Gasteiger partial charge in [-0.3, -0.25) is 0 Å². The molecule has 2 fully saturated rings. The highest BCUT2D eigenvalue weighted by atomic mass is 16.3. The van der Waals surface area contributed by atoms with Crippen LogP contribution in [0.25, 0.3) is 0 Å². The van der Waals surface area contributed by atoms with Crippen molar-refractivity contribution in [3.63, 3.8) is 0 Å². The summed E-state index contributed by atoms with van der Waals surface area (Å²) < 4.78 is 1.12. The number of likely N-dealkylation sites (tertiary alicyclic amines) is 1. The van der Waals surface area contributed by atoms with Crippen LogP contribution in [0.2, 0.25) is 0 Å². The fourth-order valence-electron chi connectivity index (χ4n) is 6.38. The Balaban J connectivity index is 1.86. The largest absolute Gasteiger partial charge is 0.872 e. The first kappa shape index (κ1) is 16.0. The zero-order valence-electron chi connectivity index (χ0n) is 14.7. The highest BCUT2D eigenvalue weighted by molar-refractivity contribution is 5.44. The molecule has 0 amide bonds. The molecule has 1 aliphatic heterocycles. The molecule has 1 aromatic carbocycles. The van der Waals surface area contributed by atoms with Crippen molar-refractivity contribution in [3.05, 3.63) is 54.6 Å². The number of benzene rings is 1. The monoisotopic (exact) mass is 323 g/mol. The Morgan fingerprint density at radius 2 is 1.96 bits per heavy atom. The number of fused-ring (bicyclic) bond motifs is 1. The average molecular weight is 323 g/mol. The maximum atomic E-state index is 12.1. The van der Waals surface area contributed by atoms with Crippen LogP contribution in [0.1, 0.15) is 43.2 Å². The van der Waals surface area contributed by atoms with Crippen molar-refractivity contribution in [2.24, 2.45) is 5.92 Å². The summed E-state index contributed by atoms with van der Waals surface area (Å²) in [5.74, 6) is 0.906. The first-order valence-corrected chi connectivity index (χ1v) is 9.53. The van der Waals surface area contributed by atoms with Crippen LogP contribution in [-0.4, -0.2) is 30.2 Å². The van der Waals surface area contributed by atoms with Crippen LogP contribution < -0.4 is 5.11 Å². The van der Waals surface area contributed by atoms with Gasteiger partial charge in [0.2, 0.25) is 0 Å². The van der Waals surface area contributed by atoms with Crippen molar-refractivity contribution in [1.29, 1.82) is 0 Å². The predicted molar refractivity (Wildman–Crippen MR) is 96.9 cm³/mol. The van der Waals surface area contributed by atoms with Gasteiger partial charge in [0.05, 0.1) is 25.7 Å². The van der Waals surface area contributed by atoms with Gasteiger partial charge in [-0.05, 0) is 36.1 Å². The molecular formula is C22H29NO. The van der Waals surface area contributed by atoms with Gasteiger partial charge in [-0.25, -0.2) is 0 Å². The topological polar surface area (TPSA) is 23.1 Å². The molecule has 2 heteroatoms. The Kier molecular flexibility index (Phi) is 3.84. The molecule has 1 aromatic rings. The third-order valence-electron chi connectivity index (χ3n) is 7.30. The van der Waals surface area contributed by atoms with E-state index >= 15 is 0 Å². The van der Waals surface area contributed by atoms with Gasteiger partial charge in [-0.15, -0.1) is 5.75 Å². The molecule has 0 aromatic heterocycles. The van der Waals surface area contributed by atoms with E-state index in [0.717, 1.165) is 24.0 Å². The third kappa shape index (κ3) is 2.12. The number of hydrogen-bond donors (Lipinski definition) is 0. The molecule has 1 heterocycles. The standard InChI is InChI=1S/C22H29NO/c1-3-12-23(13-4-2)14-11-22-10-6-5-7-19(22)21(23)15-17-8-9-18(24)16-20(17)22/h3-4,8-9,16,19,21H,1-2,5-7,10-15H2/t19-,21-,22-/m0/s1. The Bertz CT molecular complexity index is 654. The lowest BCUT2D eigenvalue weighted by Crippen LogP contribution is -2.70. The Labute approximate surface area is 146 Å². The fourth-order valence-corrected chi connectivity index (χ4v) is 6.38. The molecule has 2 bridgehead atoms. The molecule has 0 radical (unpaired) electrons. The molecule has 1 saturated heterocycles. The molecule has 0 N–H and O–H groups in total. The van der Waals surface area contributed by atoms with Crippen molar-refractivity contribution in [2.45, 2.75) is 50.0 Å². The van der Waals surface area contributed by atoms with Gasteiger partial charge < -0.3 is 9.59 Å². The Morgan fingerprint density at radius 3 is 2.71 bits per heavy atom. The van der Waals surface area contributed by atoms with E-state index in [2.05, 4.69) is 31.4 Å². The van der Waals surface area contributed by atoms with Crippen molar-refractivity contribution in [2.75, 3.05) is 19.6 Å². The molecule has 1 saturated carbocycles. The molecule has 0 unspecified atom stereocenters. The van der Waals surface area contributed by atoms with E-state index in [-0.39, 0.29) is 11.2 Å². The number of nitrogens with zero attached hydrogens (tertiary/aromatic N) is 1. The average Bonchev–Trinajstić information content (AvgIpc) is 2.59. The minimum atomic E-state index is 0.189. The highest BCUT2D eigenvalue weighted by Gasteiger charge is 2.59. The Morgan fingerprint density at radius 1 is 1.17 bits per heavy atom. The molecule has 2 aliphatic carbocycles. The summed E-state index contributed by atoms with van der Waals surface area (Å²) in [7, 11) is 0. The first-order valence-electron chi connectivity index (χ1n) is 9.53. The van der Waals surface area contributed by atoms with Gasteiger partial charge in [0, 0.05) is 24.2 Å². The van der Waals surface area contributed by atoms with Gasteiger partial charge in [0.25, 0.3) is 0 Å². The summed E-state index contributed by atoms with van der Waals surface area (Å²) in [6.07, 6.45) is 11.8. The Hall–Kier alpha value is -1.54. The molecule has 4 rings (SSSR count). The van der Waals surface area contributed by atoms with E-state index in [9.17, 15) is 5.11 Å². The van der Waals surface area contributed by atoms with E-state index in [1.54, 1.807) is 6.07 Å². The number of piperidine rings is 1. The second kappa shape index (κ2) is 5.77. The van der Waals surface area contributed by atoms with Crippen LogP contribution >= 0.6 is 0 Å². The van der Waals surface area contributed by atoms with Crippen molar-refractivity contribution >= 4 is 0 Å². The van der Waals surface area contributed by atoms with Crippen LogP contribution in [0.15, 0.2) is 43.5 Å². The molecule has 128 valence electrons. The van der Waals surface area contributed by atoms with Gasteiger partial charge >= 0.3 is 0 Å². The van der Waals surface area contributed by atoms with E-state index in [1.807, 2.05) is 6.07 Å². The molecule has 24 heavy (non-hydrogen) atoms. The van der Waals surface area contributed by atoms with Gasteiger partial charge in [0.1, 0.15) is 0 Å². The van der Waals surface area contributed by atoms with Crippen LogP contribution in [0.3, 0.4) is 0 Å². The molecular weight excluding hydrogens is 294 g/mol. The van der Waals surface area contributed by atoms with Gasteiger partial charge in [-0.2, -0.15) is 0 Å². The van der Waals surface area contributed by atoms with E-state index in [4.69, 9.17) is 0 Å². The molecule has 3 aliphatic rings. The quantitative estimate of drug-likeness (QED) is 0.612. The fraction of sp³-hybridized carbons (Fsp3) is 0.545. The zero-order chi connectivity index (χ0) is 16.8. The number of hydrogen-bond acceptors (Lipinski definition) is 1. The van der Waals surface area contributed by atoms with Gasteiger partial charge in [-0.1, -0.05) is 44.2 Å². The van der Waals surface area contributed by atoms with Crippen LogP contribution in [0.4, 0.5) is 0 Å². The summed E-state index contributed by atoms with van der Waals surface area (Å²) in [5, 5.41) is 12.1. The maximum Gasteiger partial charge on any atom is 0.0975 e. The number of quaternary nitrogens is 1. The highest BCUT2D eigenvalue weighted by Crippen LogP contribution is 2.57. The first-order chi connectivity index (χ1) is 11.6. The summed E-state index contributed by atoms with van der Waals surface area (Å²) in [6.45, 7) is 11.4. The van der Waals surface area contributed by atoms with E-state index < -0.39 is 0 Å². The minimum Gasteiger partial charge on any atom is -0.872 e. The number of rotatable bonds is 4. The second-order valence-electron chi connectivity index (χ2n) is 8.23. The van der Waals surface area contributed by atoms with Crippen LogP contribution in [0, 0.1) is 5.92 Å². The predicted octanol–water partition coefficient (Wildman–Crippen LogP) is 3.71. The maximum absolute atomic E-state index is 12.1. The minimum absolute atomic E-state index is 0.189. The van der Waals surface area contributed by atoms with Crippen LogP contribution in [0.5, 0.6) is 5.75 Å². The lowest BCUT2D eigenvalue weighted by Gasteiger charge is -2.62. The van der Waals surface area contributed by atoms with Crippen molar-refractivity contribution in [1.82, 2.24) is 0 Å². The van der Waals surface area contributed by atoms with E-state index in [0.29, 0.717) is 12.0 Å². The lowest BCUT2D eigenvalue weighted by molar-refractivity contribution is -0.952. The van der Waals surface area contributed by atoms with Crippen molar-refractivity contribution < 1.29 is 9.59 Å². The lowest BCUT2D eigenvalue weighted by atomic mass is 9.51. The van der Waals surface area contributed by atoms with Crippen LogP contribution in [-0.2, 0) is 11.8 Å². The second-order valence-corrected chi connectivity index (χ2v) is 8.23. The smallest absolute Gasteiger partial charge is 0.0975 e. The van der Waals surface area contributed by atoms with E-state index in [1.165, 1.54) is 49.8 Å². The normalized spacial score (nSPS) is 33.2. The summed E-state index contributed by atoms with van der Waals surface area (Å²) in [5.41, 5.74) is 3.11. The molecule has 2 nitrogen and oxygen atoms in total. The van der Waals surface area contributed by atoms with Gasteiger partial charge in [0.15, 0.2) is 0 Å². The zero-order valence-corrected chi connectivity index (χ0v) is 14.7.